The summed E-state index contributed by atoms with van der Waals surface area (Å²) in [5, 5.41) is 6.75. The van der Waals surface area contributed by atoms with Gasteiger partial charge < -0.3 is 9.84 Å². The molecule has 2 aromatic heterocycles. The average molecular weight is 417 g/mol. The van der Waals surface area contributed by atoms with Crippen LogP contribution in [-0.4, -0.2) is 26.7 Å². The highest BCUT2D eigenvalue weighted by Gasteiger charge is 2.38. The number of alkyl halides is 3. The number of anilines is 1. The zero-order valence-electron chi connectivity index (χ0n) is 16.3. The number of rotatable bonds is 9. The number of nitrogens with zero attached hydrogens (tertiary/aromatic N) is 4. The SMILES string of the molecule is FC(F)(F)c1nc(CCCCCNc2cccc(-c3cnc(C4CC4)nc3)c2)no1. The number of hydrogen-bond acceptors (Lipinski definition) is 6. The van der Waals surface area contributed by atoms with Gasteiger partial charge in [0.2, 0.25) is 0 Å². The van der Waals surface area contributed by atoms with Crippen molar-refractivity contribution >= 4 is 5.69 Å². The van der Waals surface area contributed by atoms with E-state index in [0.29, 0.717) is 18.8 Å². The molecule has 0 bridgehead atoms. The zero-order valence-corrected chi connectivity index (χ0v) is 16.3. The summed E-state index contributed by atoms with van der Waals surface area (Å²) in [6.45, 7) is 0.765. The molecule has 2 heterocycles. The van der Waals surface area contributed by atoms with E-state index in [4.69, 9.17) is 0 Å². The molecule has 1 fully saturated rings. The van der Waals surface area contributed by atoms with Crippen LogP contribution < -0.4 is 5.32 Å². The van der Waals surface area contributed by atoms with Crippen LogP contribution in [0.4, 0.5) is 18.9 Å². The van der Waals surface area contributed by atoms with Crippen LogP contribution in [0.2, 0.25) is 0 Å². The number of aryl methyl sites for hydroxylation is 1. The molecular weight excluding hydrogens is 395 g/mol. The predicted octanol–water partition coefficient (Wildman–Crippen LogP) is 5.25. The first-order chi connectivity index (χ1) is 14.5. The van der Waals surface area contributed by atoms with Gasteiger partial charge in [0.05, 0.1) is 0 Å². The van der Waals surface area contributed by atoms with E-state index in [0.717, 1.165) is 42.0 Å². The summed E-state index contributed by atoms with van der Waals surface area (Å²) >= 11 is 0. The van der Waals surface area contributed by atoms with E-state index in [-0.39, 0.29) is 5.82 Å². The molecule has 0 aliphatic heterocycles. The largest absolute Gasteiger partial charge is 0.471 e. The molecule has 6 nitrogen and oxygen atoms in total. The summed E-state index contributed by atoms with van der Waals surface area (Å²) in [6.07, 6.45) is 4.32. The van der Waals surface area contributed by atoms with Gasteiger partial charge in [-0.15, -0.1) is 0 Å². The van der Waals surface area contributed by atoms with Crippen molar-refractivity contribution in [2.75, 3.05) is 11.9 Å². The lowest BCUT2D eigenvalue weighted by Crippen LogP contribution is -2.05. The van der Waals surface area contributed by atoms with Crippen LogP contribution in [0.15, 0.2) is 41.2 Å². The molecule has 9 heteroatoms. The summed E-state index contributed by atoms with van der Waals surface area (Å²) in [6, 6.07) is 8.08. The second kappa shape index (κ2) is 8.81. The molecule has 158 valence electrons. The maximum absolute atomic E-state index is 12.4. The smallest absolute Gasteiger partial charge is 0.385 e. The van der Waals surface area contributed by atoms with Gasteiger partial charge in [0.1, 0.15) is 5.82 Å². The second-order valence-corrected chi connectivity index (χ2v) is 7.44. The van der Waals surface area contributed by atoms with Gasteiger partial charge in [-0.1, -0.05) is 23.7 Å². The molecule has 1 saturated carbocycles. The van der Waals surface area contributed by atoms with Crippen molar-refractivity contribution in [2.24, 2.45) is 0 Å². The Morgan fingerprint density at radius 2 is 1.83 bits per heavy atom. The summed E-state index contributed by atoms with van der Waals surface area (Å²) < 4.78 is 41.5. The Balaban J connectivity index is 1.20. The van der Waals surface area contributed by atoms with Crippen LogP contribution in [0.5, 0.6) is 0 Å². The molecule has 1 aliphatic rings. The first kappa shape index (κ1) is 20.3. The maximum Gasteiger partial charge on any atom is 0.471 e. The summed E-state index contributed by atoms with van der Waals surface area (Å²) in [5.74, 6) is 0.284. The first-order valence-corrected chi connectivity index (χ1v) is 10.0. The molecule has 4 rings (SSSR count). The number of hydrogen-bond donors (Lipinski definition) is 1. The molecule has 0 radical (unpaired) electrons. The fourth-order valence-corrected chi connectivity index (χ4v) is 3.14. The van der Waals surface area contributed by atoms with Gasteiger partial charge in [0.15, 0.2) is 5.82 Å². The lowest BCUT2D eigenvalue weighted by atomic mass is 10.1. The highest BCUT2D eigenvalue weighted by molar-refractivity contribution is 5.66. The maximum atomic E-state index is 12.4. The third-order valence-electron chi connectivity index (χ3n) is 4.93. The van der Waals surface area contributed by atoms with E-state index in [9.17, 15) is 13.2 Å². The van der Waals surface area contributed by atoms with Crippen molar-refractivity contribution in [2.45, 2.75) is 50.6 Å². The van der Waals surface area contributed by atoms with Crippen LogP contribution in [-0.2, 0) is 12.6 Å². The van der Waals surface area contributed by atoms with E-state index in [2.05, 4.69) is 36.0 Å². The van der Waals surface area contributed by atoms with Gasteiger partial charge in [-0.25, -0.2) is 9.97 Å². The highest BCUT2D eigenvalue weighted by atomic mass is 19.4. The van der Waals surface area contributed by atoms with Crippen molar-refractivity contribution in [1.29, 1.82) is 0 Å². The average Bonchev–Trinajstić information content (AvgIpc) is 3.47. The Kier molecular flexibility index (Phi) is 5.96. The first-order valence-electron chi connectivity index (χ1n) is 10.0. The predicted molar refractivity (Wildman–Crippen MR) is 105 cm³/mol. The lowest BCUT2D eigenvalue weighted by molar-refractivity contribution is -0.159. The number of halogens is 3. The van der Waals surface area contributed by atoms with E-state index >= 15 is 0 Å². The molecule has 0 saturated heterocycles. The lowest BCUT2D eigenvalue weighted by Gasteiger charge is -2.08. The van der Waals surface area contributed by atoms with Gasteiger partial charge in [-0.05, 0) is 43.4 Å². The van der Waals surface area contributed by atoms with Crippen LogP contribution in [0.3, 0.4) is 0 Å². The van der Waals surface area contributed by atoms with Gasteiger partial charge in [0, 0.05) is 42.5 Å². The molecule has 1 aromatic carbocycles. The van der Waals surface area contributed by atoms with Gasteiger partial charge in [-0.3, -0.25) is 0 Å². The normalized spacial score (nSPS) is 14.1. The van der Waals surface area contributed by atoms with Gasteiger partial charge >= 0.3 is 12.1 Å². The Labute approximate surface area is 171 Å². The molecule has 1 N–H and O–H groups in total. The van der Waals surface area contributed by atoms with Gasteiger partial charge in [0.25, 0.3) is 0 Å². The minimum atomic E-state index is -4.59. The third-order valence-corrected chi connectivity index (χ3v) is 4.93. The summed E-state index contributed by atoms with van der Waals surface area (Å²) in [5.41, 5.74) is 3.05. The number of nitrogens with one attached hydrogen (secondary N) is 1. The topological polar surface area (TPSA) is 76.7 Å². The Bertz CT molecular complexity index is 967. The van der Waals surface area contributed by atoms with E-state index in [1.54, 1.807) is 0 Å². The van der Waals surface area contributed by atoms with E-state index in [1.807, 2.05) is 30.6 Å². The molecule has 1 aliphatic carbocycles. The Hall–Kier alpha value is -2.97. The van der Waals surface area contributed by atoms with Crippen molar-refractivity contribution in [3.8, 4) is 11.1 Å². The molecule has 3 aromatic rings. The standard InChI is InChI=1S/C21H22F3N5O/c22-21(23,24)20-28-18(29-30-20)7-2-1-3-10-25-17-6-4-5-15(11-17)16-12-26-19(27-13-16)14-8-9-14/h4-6,11-14,25H,1-3,7-10H2. The van der Waals surface area contributed by atoms with Crippen LogP contribution >= 0.6 is 0 Å². The minimum Gasteiger partial charge on any atom is -0.385 e. The van der Waals surface area contributed by atoms with Crippen molar-refractivity contribution in [3.63, 3.8) is 0 Å². The minimum absolute atomic E-state index is 0.0953. The fourth-order valence-electron chi connectivity index (χ4n) is 3.14. The molecule has 0 amide bonds. The molecule has 0 unspecified atom stereocenters. The van der Waals surface area contributed by atoms with Gasteiger partial charge in [-0.2, -0.15) is 18.2 Å². The monoisotopic (exact) mass is 417 g/mol. The van der Waals surface area contributed by atoms with Crippen LogP contribution in [0.1, 0.15) is 55.6 Å². The Morgan fingerprint density at radius 3 is 2.53 bits per heavy atom. The summed E-state index contributed by atoms with van der Waals surface area (Å²) in [4.78, 5) is 12.3. The number of unbranched alkanes of at least 4 members (excludes halogenated alkanes) is 2. The van der Waals surface area contributed by atoms with E-state index < -0.39 is 12.1 Å². The molecule has 0 spiro atoms. The molecular formula is C21H22F3N5O. The molecule has 30 heavy (non-hydrogen) atoms. The van der Waals surface area contributed by atoms with E-state index in [1.165, 1.54) is 12.8 Å². The van der Waals surface area contributed by atoms with Crippen molar-refractivity contribution in [1.82, 2.24) is 20.1 Å². The van der Waals surface area contributed by atoms with Crippen molar-refractivity contribution < 1.29 is 17.7 Å². The Morgan fingerprint density at radius 1 is 1.03 bits per heavy atom. The number of aromatic nitrogens is 4. The zero-order chi connectivity index (χ0) is 21.0. The highest BCUT2D eigenvalue weighted by Crippen LogP contribution is 2.38. The third kappa shape index (κ3) is 5.34. The number of benzene rings is 1. The fraction of sp³-hybridized carbons (Fsp3) is 0.429. The van der Waals surface area contributed by atoms with Crippen LogP contribution in [0.25, 0.3) is 11.1 Å². The summed E-state index contributed by atoms with van der Waals surface area (Å²) in [7, 11) is 0. The molecule has 0 atom stereocenters. The quantitative estimate of drug-likeness (QED) is 0.480. The van der Waals surface area contributed by atoms with Crippen molar-refractivity contribution in [3.05, 3.63) is 54.2 Å². The van der Waals surface area contributed by atoms with Crippen LogP contribution in [0, 0.1) is 0 Å². The second-order valence-electron chi connectivity index (χ2n) is 7.44.